The Morgan fingerprint density at radius 1 is 1.00 bits per heavy atom. The van der Waals surface area contributed by atoms with E-state index in [9.17, 15) is 18.0 Å². The van der Waals surface area contributed by atoms with E-state index in [4.69, 9.17) is 0 Å². The lowest BCUT2D eigenvalue weighted by Gasteiger charge is -2.34. The molecule has 1 N–H and O–H groups in total. The Labute approximate surface area is 187 Å². The first-order chi connectivity index (χ1) is 15.2. The molecule has 1 fully saturated rings. The Bertz CT molecular complexity index is 1290. The number of piperidine rings is 1. The number of para-hydroxylation sites is 1. The highest BCUT2D eigenvalue weighted by Gasteiger charge is 2.31. The second-order valence-electron chi connectivity index (χ2n) is 8.67. The summed E-state index contributed by atoms with van der Waals surface area (Å²) in [5.41, 5.74) is 1.10. The predicted molar refractivity (Wildman–Crippen MR) is 125 cm³/mol. The lowest BCUT2D eigenvalue weighted by atomic mass is 9.94. The fourth-order valence-corrected chi connectivity index (χ4v) is 6.09. The number of nitrogens with one attached hydrogen (secondary N) is 1. The number of aromatic nitrogens is 1. The number of pyridine rings is 1. The van der Waals surface area contributed by atoms with Gasteiger partial charge in [-0.3, -0.25) is 9.59 Å². The first kappa shape index (κ1) is 22.2. The van der Waals surface area contributed by atoms with Crippen molar-refractivity contribution in [1.82, 2.24) is 8.87 Å². The number of fused-ring (bicyclic) bond motifs is 1. The molecule has 1 saturated heterocycles. The quantitative estimate of drug-likeness (QED) is 0.642. The topological polar surface area (TPSA) is 88.5 Å². The van der Waals surface area contributed by atoms with Crippen LogP contribution in [0.1, 0.15) is 20.3 Å². The van der Waals surface area contributed by atoms with Crippen LogP contribution < -0.4 is 10.7 Å². The smallest absolute Gasteiger partial charge is 0.244 e. The number of benzene rings is 2. The average Bonchev–Trinajstić information content (AvgIpc) is 2.75. The molecule has 0 spiro atoms. The third kappa shape index (κ3) is 4.61. The van der Waals surface area contributed by atoms with Gasteiger partial charge in [-0.2, -0.15) is 4.31 Å². The Balaban J connectivity index is 1.47. The molecule has 0 radical (unpaired) electrons. The van der Waals surface area contributed by atoms with Crippen molar-refractivity contribution in [2.24, 2.45) is 11.8 Å². The van der Waals surface area contributed by atoms with Gasteiger partial charge in [0.15, 0.2) is 5.43 Å². The summed E-state index contributed by atoms with van der Waals surface area (Å²) in [6.45, 7) is 5.23. The summed E-state index contributed by atoms with van der Waals surface area (Å²) in [5, 5.41) is 3.35. The van der Waals surface area contributed by atoms with Crippen LogP contribution in [0.25, 0.3) is 10.9 Å². The van der Waals surface area contributed by atoms with Crippen molar-refractivity contribution in [3.63, 3.8) is 0 Å². The maximum absolute atomic E-state index is 13.0. The highest BCUT2D eigenvalue weighted by molar-refractivity contribution is 7.89. The maximum atomic E-state index is 13.0. The zero-order chi connectivity index (χ0) is 22.9. The number of rotatable bonds is 5. The summed E-state index contributed by atoms with van der Waals surface area (Å²) >= 11 is 0. The number of hydrogen-bond donors (Lipinski definition) is 1. The number of hydrogen-bond acceptors (Lipinski definition) is 4. The van der Waals surface area contributed by atoms with Gasteiger partial charge in [0.25, 0.3) is 0 Å². The van der Waals surface area contributed by atoms with Gasteiger partial charge in [0.05, 0.1) is 10.4 Å². The SMILES string of the molecule is CC1CC(C)CN(S(=O)(=O)c2ccc(NC(=O)Cn3ccc(=O)c4ccccc43)cc2)C1. The molecule has 1 aromatic heterocycles. The van der Waals surface area contributed by atoms with Gasteiger partial charge in [0.1, 0.15) is 6.54 Å². The van der Waals surface area contributed by atoms with E-state index in [0.717, 1.165) is 6.42 Å². The Morgan fingerprint density at radius 3 is 2.34 bits per heavy atom. The van der Waals surface area contributed by atoms with Crippen LogP contribution in [0, 0.1) is 11.8 Å². The zero-order valence-electron chi connectivity index (χ0n) is 18.2. The Kier molecular flexibility index (Phi) is 6.17. The van der Waals surface area contributed by atoms with Crippen molar-refractivity contribution in [3.8, 4) is 0 Å². The van der Waals surface area contributed by atoms with E-state index in [0.29, 0.717) is 41.5 Å². The lowest BCUT2D eigenvalue weighted by molar-refractivity contribution is -0.116. The standard InChI is InChI=1S/C24H27N3O4S/c1-17-13-18(2)15-27(14-17)32(30,31)20-9-7-19(8-10-20)25-24(29)16-26-12-11-23(28)21-5-3-4-6-22(21)26/h3-12,17-18H,13-16H2,1-2H3,(H,25,29). The van der Waals surface area contributed by atoms with Crippen LogP contribution in [0.3, 0.4) is 0 Å². The summed E-state index contributed by atoms with van der Waals surface area (Å²) in [7, 11) is -3.56. The summed E-state index contributed by atoms with van der Waals surface area (Å²) in [4.78, 5) is 24.8. The number of anilines is 1. The Hall–Kier alpha value is -2.97. The van der Waals surface area contributed by atoms with Crippen LogP contribution in [0.4, 0.5) is 5.69 Å². The first-order valence-corrected chi connectivity index (χ1v) is 12.2. The molecular weight excluding hydrogens is 426 g/mol. The molecule has 168 valence electrons. The number of amides is 1. The van der Waals surface area contributed by atoms with Crippen LogP contribution in [-0.2, 0) is 21.4 Å². The second-order valence-corrected chi connectivity index (χ2v) is 10.6. The van der Waals surface area contributed by atoms with E-state index < -0.39 is 10.0 Å². The summed E-state index contributed by atoms with van der Waals surface area (Å²) < 4.78 is 29.3. The molecule has 7 nitrogen and oxygen atoms in total. The monoisotopic (exact) mass is 453 g/mol. The minimum Gasteiger partial charge on any atom is -0.338 e. The van der Waals surface area contributed by atoms with Gasteiger partial charge in [0.2, 0.25) is 15.9 Å². The fourth-order valence-electron chi connectivity index (χ4n) is 4.41. The van der Waals surface area contributed by atoms with Crippen molar-refractivity contribution in [2.75, 3.05) is 18.4 Å². The minimum absolute atomic E-state index is 0.0321. The third-order valence-corrected chi connectivity index (χ3v) is 7.66. The van der Waals surface area contributed by atoms with Crippen molar-refractivity contribution >= 4 is 32.5 Å². The molecule has 32 heavy (non-hydrogen) atoms. The summed E-state index contributed by atoms with van der Waals surface area (Å²) in [5.74, 6) is 0.390. The molecule has 2 aromatic carbocycles. The lowest BCUT2D eigenvalue weighted by Crippen LogP contribution is -2.42. The van der Waals surface area contributed by atoms with E-state index in [1.165, 1.54) is 18.2 Å². The van der Waals surface area contributed by atoms with Crippen molar-refractivity contribution in [1.29, 1.82) is 0 Å². The molecular formula is C24H27N3O4S. The van der Waals surface area contributed by atoms with E-state index in [2.05, 4.69) is 19.2 Å². The second kappa shape index (κ2) is 8.88. The number of carbonyl (C=O) groups is 1. The largest absolute Gasteiger partial charge is 0.338 e. The highest BCUT2D eigenvalue weighted by Crippen LogP contribution is 2.27. The van der Waals surface area contributed by atoms with Crippen molar-refractivity contribution < 1.29 is 13.2 Å². The molecule has 2 atom stereocenters. The minimum atomic E-state index is -3.56. The fraction of sp³-hybridized carbons (Fsp3) is 0.333. The predicted octanol–water partition coefficient (Wildman–Crippen LogP) is 3.31. The van der Waals surface area contributed by atoms with Crippen molar-refractivity contribution in [3.05, 3.63) is 71.0 Å². The molecule has 1 aliphatic rings. The molecule has 2 unspecified atom stereocenters. The van der Waals surface area contributed by atoms with E-state index in [-0.39, 0.29) is 22.8 Å². The highest BCUT2D eigenvalue weighted by atomic mass is 32.2. The van der Waals surface area contributed by atoms with Crippen LogP contribution in [0.5, 0.6) is 0 Å². The Morgan fingerprint density at radius 2 is 1.66 bits per heavy atom. The van der Waals surface area contributed by atoms with Gasteiger partial charge < -0.3 is 9.88 Å². The number of sulfonamides is 1. The summed E-state index contributed by atoms with van der Waals surface area (Å²) in [6, 6.07) is 14.8. The third-order valence-electron chi connectivity index (χ3n) is 5.81. The molecule has 0 saturated carbocycles. The first-order valence-electron chi connectivity index (χ1n) is 10.7. The summed E-state index contributed by atoms with van der Waals surface area (Å²) in [6.07, 6.45) is 2.63. The average molecular weight is 454 g/mol. The maximum Gasteiger partial charge on any atom is 0.244 e. The van der Waals surface area contributed by atoms with Crippen LogP contribution in [0.2, 0.25) is 0 Å². The normalized spacial score (nSPS) is 19.7. The van der Waals surface area contributed by atoms with Gasteiger partial charge in [-0.1, -0.05) is 26.0 Å². The molecule has 2 heterocycles. The van der Waals surface area contributed by atoms with Crippen LogP contribution >= 0.6 is 0 Å². The van der Waals surface area contributed by atoms with E-state index >= 15 is 0 Å². The molecule has 0 bridgehead atoms. The molecule has 1 amide bonds. The van der Waals surface area contributed by atoms with Gasteiger partial charge in [-0.15, -0.1) is 0 Å². The van der Waals surface area contributed by atoms with E-state index in [1.54, 1.807) is 45.4 Å². The van der Waals surface area contributed by atoms with Gasteiger partial charge in [0, 0.05) is 36.4 Å². The number of carbonyl (C=O) groups excluding carboxylic acids is 1. The zero-order valence-corrected chi connectivity index (χ0v) is 19.0. The van der Waals surface area contributed by atoms with Crippen LogP contribution in [0.15, 0.2) is 70.5 Å². The molecule has 0 aliphatic carbocycles. The van der Waals surface area contributed by atoms with Gasteiger partial charge >= 0.3 is 0 Å². The van der Waals surface area contributed by atoms with Crippen LogP contribution in [-0.4, -0.2) is 36.3 Å². The molecule has 1 aliphatic heterocycles. The van der Waals surface area contributed by atoms with Gasteiger partial charge in [-0.05, 0) is 54.7 Å². The van der Waals surface area contributed by atoms with E-state index in [1.807, 2.05) is 6.07 Å². The van der Waals surface area contributed by atoms with Gasteiger partial charge in [-0.25, -0.2) is 8.42 Å². The van der Waals surface area contributed by atoms with Crippen molar-refractivity contribution in [2.45, 2.75) is 31.7 Å². The molecule has 4 rings (SSSR count). The molecule has 8 heteroatoms. The molecule has 3 aromatic rings. The number of nitrogens with zero attached hydrogens (tertiary/aromatic N) is 2.